The van der Waals surface area contributed by atoms with Crippen LogP contribution >= 0.6 is 0 Å². The number of nitriles is 1. The van der Waals surface area contributed by atoms with Gasteiger partial charge >= 0.3 is 0 Å². The normalized spacial score (nSPS) is 10.1. The number of hydrogen-bond donors (Lipinski definition) is 0. The van der Waals surface area contributed by atoms with Gasteiger partial charge in [0, 0.05) is 18.3 Å². The van der Waals surface area contributed by atoms with Crippen LogP contribution in [0.5, 0.6) is 0 Å². The number of hydrogen-bond acceptors (Lipinski definition) is 2. The van der Waals surface area contributed by atoms with E-state index in [2.05, 4.69) is 0 Å². The Balaban J connectivity index is 2.76. The van der Waals surface area contributed by atoms with Crippen molar-refractivity contribution >= 4 is 0 Å². The number of benzene rings is 1. The van der Waals surface area contributed by atoms with Crippen LogP contribution in [0, 0.1) is 24.1 Å². The van der Waals surface area contributed by atoms with Gasteiger partial charge in [-0.25, -0.2) is 4.39 Å². The Kier molecular flexibility index (Phi) is 2.99. The van der Waals surface area contributed by atoms with Gasteiger partial charge in [-0.3, -0.25) is 4.79 Å². The molecular weight excluding hydrogens is 231 g/mol. The Morgan fingerprint density at radius 1 is 1.28 bits per heavy atom. The zero-order valence-electron chi connectivity index (χ0n) is 10.1. The fourth-order valence-electron chi connectivity index (χ4n) is 1.79. The molecule has 4 heteroatoms. The maximum absolute atomic E-state index is 12.9. The third-order valence-electron chi connectivity index (χ3n) is 2.94. The van der Waals surface area contributed by atoms with Crippen molar-refractivity contribution in [3.05, 3.63) is 57.8 Å². The van der Waals surface area contributed by atoms with Crippen LogP contribution in [-0.2, 0) is 7.05 Å². The number of halogens is 1. The molecule has 0 bridgehead atoms. The lowest BCUT2D eigenvalue weighted by Crippen LogP contribution is -2.22. The Hall–Kier alpha value is -2.41. The minimum atomic E-state index is -0.349. The summed E-state index contributed by atoms with van der Waals surface area (Å²) in [7, 11) is 1.62. The van der Waals surface area contributed by atoms with E-state index in [0.29, 0.717) is 11.1 Å². The van der Waals surface area contributed by atoms with E-state index in [9.17, 15) is 9.18 Å². The number of pyridine rings is 1. The topological polar surface area (TPSA) is 45.8 Å². The Morgan fingerprint density at radius 3 is 2.44 bits per heavy atom. The summed E-state index contributed by atoms with van der Waals surface area (Å²) in [6, 6.07) is 9.41. The summed E-state index contributed by atoms with van der Waals surface area (Å²) in [5.74, 6) is -0.349. The van der Waals surface area contributed by atoms with Gasteiger partial charge in [-0.05, 0) is 30.7 Å². The van der Waals surface area contributed by atoms with Gasteiger partial charge in [0.1, 0.15) is 17.4 Å². The number of aromatic nitrogens is 1. The molecule has 1 aromatic carbocycles. The molecule has 2 rings (SSSR count). The SMILES string of the molecule is Cc1cc(-c2ccc(F)cc2)c(C#N)c(=O)n1C. The first-order valence-corrected chi connectivity index (χ1v) is 5.41. The molecule has 3 nitrogen and oxygen atoms in total. The van der Waals surface area contributed by atoms with E-state index in [0.717, 1.165) is 5.69 Å². The lowest BCUT2D eigenvalue weighted by atomic mass is 10.0. The second-order valence-corrected chi connectivity index (χ2v) is 4.06. The van der Waals surface area contributed by atoms with Crippen molar-refractivity contribution in [3.63, 3.8) is 0 Å². The predicted molar refractivity (Wildman–Crippen MR) is 66.5 cm³/mol. The molecule has 0 saturated heterocycles. The third kappa shape index (κ3) is 1.91. The van der Waals surface area contributed by atoms with Gasteiger partial charge in [-0.1, -0.05) is 12.1 Å². The van der Waals surface area contributed by atoms with Crippen LogP contribution in [-0.4, -0.2) is 4.57 Å². The molecule has 1 aromatic heterocycles. The summed E-state index contributed by atoms with van der Waals surface area (Å²) in [5, 5.41) is 9.09. The van der Waals surface area contributed by atoms with Crippen LogP contribution in [0.2, 0.25) is 0 Å². The summed E-state index contributed by atoms with van der Waals surface area (Å²) in [6.45, 7) is 1.79. The molecule has 90 valence electrons. The van der Waals surface area contributed by atoms with E-state index in [1.807, 2.05) is 6.07 Å². The highest BCUT2D eigenvalue weighted by atomic mass is 19.1. The fourth-order valence-corrected chi connectivity index (χ4v) is 1.79. The Morgan fingerprint density at radius 2 is 1.89 bits per heavy atom. The van der Waals surface area contributed by atoms with Gasteiger partial charge in [-0.15, -0.1) is 0 Å². The predicted octanol–water partition coefficient (Wildman–Crippen LogP) is 2.37. The Labute approximate surface area is 104 Å². The molecule has 0 aliphatic carbocycles. The molecule has 0 unspecified atom stereocenters. The lowest BCUT2D eigenvalue weighted by molar-refractivity contribution is 0.628. The summed E-state index contributed by atoms with van der Waals surface area (Å²) in [6.07, 6.45) is 0. The van der Waals surface area contributed by atoms with Crippen LogP contribution in [0.3, 0.4) is 0 Å². The van der Waals surface area contributed by atoms with Crippen LogP contribution in [0.4, 0.5) is 4.39 Å². The van der Waals surface area contributed by atoms with Gasteiger partial charge in [0.05, 0.1) is 0 Å². The van der Waals surface area contributed by atoms with Gasteiger partial charge < -0.3 is 4.57 Å². The first-order chi connectivity index (χ1) is 8.54. The monoisotopic (exact) mass is 242 g/mol. The molecule has 18 heavy (non-hydrogen) atoms. The lowest BCUT2D eigenvalue weighted by Gasteiger charge is -2.09. The van der Waals surface area contributed by atoms with Crippen LogP contribution in [0.15, 0.2) is 35.1 Å². The van der Waals surface area contributed by atoms with Gasteiger partial charge in [-0.2, -0.15) is 5.26 Å². The standard InChI is InChI=1S/C14H11FN2O/c1-9-7-12(10-3-5-11(15)6-4-10)13(8-16)14(18)17(9)2/h3-7H,1-2H3. The van der Waals surface area contributed by atoms with Crippen LogP contribution in [0.1, 0.15) is 11.3 Å². The van der Waals surface area contributed by atoms with Crippen molar-refractivity contribution in [1.82, 2.24) is 4.57 Å². The van der Waals surface area contributed by atoms with E-state index in [4.69, 9.17) is 5.26 Å². The number of aryl methyl sites for hydroxylation is 1. The molecule has 0 fully saturated rings. The van der Waals surface area contributed by atoms with E-state index in [1.165, 1.54) is 16.7 Å². The van der Waals surface area contributed by atoms with Gasteiger partial charge in [0.15, 0.2) is 0 Å². The van der Waals surface area contributed by atoms with E-state index in [1.54, 1.807) is 32.2 Å². The largest absolute Gasteiger partial charge is 0.315 e. The van der Waals surface area contributed by atoms with Crippen LogP contribution in [0.25, 0.3) is 11.1 Å². The molecule has 0 aliphatic heterocycles. The highest BCUT2D eigenvalue weighted by Gasteiger charge is 2.12. The first-order valence-electron chi connectivity index (χ1n) is 5.41. The van der Waals surface area contributed by atoms with Crippen molar-refractivity contribution in [3.8, 4) is 17.2 Å². The second kappa shape index (κ2) is 4.46. The number of rotatable bonds is 1. The van der Waals surface area contributed by atoms with Gasteiger partial charge in [0.2, 0.25) is 0 Å². The van der Waals surface area contributed by atoms with Crippen molar-refractivity contribution in [1.29, 1.82) is 5.26 Å². The molecule has 0 atom stereocenters. The van der Waals surface area contributed by atoms with Crippen molar-refractivity contribution in [2.45, 2.75) is 6.92 Å². The average molecular weight is 242 g/mol. The summed E-state index contributed by atoms with van der Waals surface area (Å²) in [5.41, 5.74) is 1.69. The molecule has 0 aliphatic rings. The molecular formula is C14H11FN2O. The van der Waals surface area contributed by atoms with Gasteiger partial charge in [0.25, 0.3) is 5.56 Å². The maximum atomic E-state index is 12.9. The zero-order chi connectivity index (χ0) is 13.3. The Bertz CT molecular complexity index is 693. The summed E-state index contributed by atoms with van der Waals surface area (Å²) < 4.78 is 14.3. The smallest absolute Gasteiger partial charge is 0.269 e. The highest BCUT2D eigenvalue weighted by molar-refractivity contribution is 5.70. The van der Waals surface area contributed by atoms with E-state index >= 15 is 0 Å². The molecule has 0 spiro atoms. The fraction of sp³-hybridized carbons (Fsp3) is 0.143. The van der Waals surface area contributed by atoms with E-state index in [-0.39, 0.29) is 16.9 Å². The molecule has 0 radical (unpaired) electrons. The first kappa shape index (κ1) is 12.1. The second-order valence-electron chi connectivity index (χ2n) is 4.06. The molecule has 2 aromatic rings. The zero-order valence-corrected chi connectivity index (χ0v) is 10.1. The molecule has 0 N–H and O–H groups in total. The molecule has 0 saturated carbocycles. The van der Waals surface area contributed by atoms with Crippen molar-refractivity contribution < 1.29 is 4.39 Å². The minimum Gasteiger partial charge on any atom is -0.315 e. The third-order valence-corrected chi connectivity index (χ3v) is 2.94. The quantitative estimate of drug-likeness (QED) is 0.770. The van der Waals surface area contributed by atoms with E-state index < -0.39 is 0 Å². The molecule has 0 amide bonds. The summed E-state index contributed by atoms with van der Waals surface area (Å²) >= 11 is 0. The maximum Gasteiger partial charge on any atom is 0.269 e. The molecule has 1 heterocycles. The minimum absolute atomic E-state index is 0.0784. The highest BCUT2D eigenvalue weighted by Crippen LogP contribution is 2.22. The van der Waals surface area contributed by atoms with Crippen molar-refractivity contribution in [2.75, 3.05) is 0 Å². The average Bonchev–Trinajstić information content (AvgIpc) is 2.37. The number of nitrogens with zero attached hydrogens (tertiary/aromatic N) is 2. The van der Waals surface area contributed by atoms with Crippen molar-refractivity contribution in [2.24, 2.45) is 7.05 Å². The van der Waals surface area contributed by atoms with Crippen LogP contribution < -0.4 is 5.56 Å². The summed E-state index contributed by atoms with van der Waals surface area (Å²) in [4.78, 5) is 11.9.